The molecule has 512 valence electrons. The Morgan fingerprint density at radius 3 is 0.739 bits per heavy atom. The van der Waals surface area contributed by atoms with Crippen LogP contribution in [0.3, 0.4) is 0 Å². The topological polar surface area (TPSA) is 72.8 Å². The molecule has 0 aliphatic rings. The standard InChI is InChI=1S/C83H150O5/c1-3-5-7-9-11-13-15-17-19-21-23-25-27-29-31-33-35-37-39-41-43-45-47-49-51-53-55-57-59-61-63-65-67-69-71-73-75-77-82(85)87-80-81(79-84)88-83(86)78-76-74-72-70-68-66-64-62-60-58-56-54-52-50-48-46-44-42-40-38-36-34-32-30-28-26-24-22-20-18-16-14-12-10-8-6-4-2/h6,8,12,14-15,17-18,20-21,23-24,26-27,29,81,84H,3-5,7,9-11,13,16,19,22,25,28,30-80H2,1-2H3/b8-6-,14-12-,17-15-,20-18-,23-21-,26-24-,29-27-. The summed E-state index contributed by atoms with van der Waals surface area (Å²) in [6, 6.07) is 0. The van der Waals surface area contributed by atoms with Gasteiger partial charge in [0.1, 0.15) is 6.61 Å². The Morgan fingerprint density at radius 2 is 0.489 bits per heavy atom. The van der Waals surface area contributed by atoms with Crippen LogP contribution in [0.2, 0.25) is 0 Å². The monoisotopic (exact) mass is 1230 g/mol. The van der Waals surface area contributed by atoms with Crippen LogP contribution < -0.4 is 0 Å². The highest BCUT2D eigenvalue weighted by atomic mass is 16.6. The van der Waals surface area contributed by atoms with E-state index >= 15 is 0 Å². The molecule has 5 heteroatoms. The van der Waals surface area contributed by atoms with E-state index in [9.17, 15) is 14.7 Å². The Bertz CT molecular complexity index is 1580. The molecule has 0 aromatic heterocycles. The van der Waals surface area contributed by atoms with E-state index in [1.807, 2.05) is 0 Å². The summed E-state index contributed by atoms with van der Waals surface area (Å²) in [7, 11) is 0. The summed E-state index contributed by atoms with van der Waals surface area (Å²) in [5, 5.41) is 9.73. The number of aliphatic hydroxyl groups excluding tert-OH is 1. The van der Waals surface area contributed by atoms with Crippen molar-refractivity contribution in [2.24, 2.45) is 0 Å². The summed E-state index contributed by atoms with van der Waals surface area (Å²) in [5.41, 5.74) is 0. The van der Waals surface area contributed by atoms with Crippen LogP contribution >= 0.6 is 0 Å². The van der Waals surface area contributed by atoms with Crippen molar-refractivity contribution in [1.29, 1.82) is 0 Å². The summed E-state index contributed by atoms with van der Waals surface area (Å²) in [4.78, 5) is 24.7. The lowest BCUT2D eigenvalue weighted by atomic mass is 10.0. The molecule has 0 radical (unpaired) electrons. The number of unbranched alkanes of at least 4 members (excludes halogenated alkanes) is 51. The molecule has 1 unspecified atom stereocenters. The fourth-order valence-electron chi connectivity index (χ4n) is 11.9. The van der Waals surface area contributed by atoms with Crippen molar-refractivity contribution in [2.45, 2.75) is 418 Å². The lowest BCUT2D eigenvalue weighted by Gasteiger charge is -2.15. The predicted octanol–water partition coefficient (Wildman–Crippen LogP) is 27.6. The molecule has 0 aliphatic heterocycles. The minimum absolute atomic E-state index is 0.0613. The Balaban J connectivity index is 3.39. The van der Waals surface area contributed by atoms with E-state index in [1.165, 1.54) is 308 Å². The molecule has 0 spiro atoms. The van der Waals surface area contributed by atoms with Gasteiger partial charge in [-0.1, -0.05) is 394 Å². The summed E-state index contributed by atoms with van der Waals surface area (Å²) >= 11 is 0. The smallest absolute Gasteiger partial charge is 0.306 e. The van der Waals surface area contributed by atoms with Crippen LogP contribution in [0, 0.1) is 0 Å². The third-order valence-corrected chi connectivity index (χ3v) is 17.7. The quantitative estimate of drug-likeness (QED) is 0.0373. The second kappa shape index (κ2) is 78.3. The molecule has 0 aromatic rings. The molecule has 0 bridgehead atoms. The Kier molecular flexibility index (Phi) is 75.7. The van der Waals surface area contributed by atoms with Crippen molar-refractivity contribution in [3.8, 4) is 0 Å². The Labute approximate surface area is 549 Å². The van der Waals surface area contributed by atoms with Crippen LogP contribution in [0.1, 0.15) is 412 Å². The molecule has 5 nitrogen and oxygen atoms in total. The summed E-state index contributed by atoms with van der Waals surface area (Å²) in [6.07, 6.45) is 111. The molecule has 0 aliphatic carbocycles. The van der Waals surface area contributed by atoms with E-state index in [2.05, 4.69) is 98.9 Å². The first-order valence-electron chi connectivity index (χ1n) is 39.1. The average molecular weight is 1230 g/mol. The van der Waals surface area contributed by atoms with Gasteiger partial charge in [0.05, 0.1) is 6.61 Å². The predicted molar refractivity (Wildman–Crippen MR) is 390 cm³/mol. The van der Waals surface area contributed by atoms with E-state index in [-0.39, 0.29) is 25.2 Å². The maximum atomic E-state index is 12.4. The SMILES string of the molecule is CC/C=C\C/C=C\C/C=C\C/C=C\CCCCCCCCCCCCCCCCCCCCCCCCCCC(=O)OC(CO)COC(=O)CCCCCCCCCCCCCCCCCCCCCCCC/C=C\C/C=C\C/C=C\CCCCCCC. The van der Waals surface area contributed by atoms with Crippen molar-refractivity contribution >= 4 is 11.9 Å². The number of carbonyl (C=O) groups is 2. The van der Waals surface area contributed by atoms with Gasteiger partial charge >= 0.3 is 11.9 Å². The molecule has 0 saturated heterocycles. The first-order valence-corrected chi connectivity index (χ1v) is 39.1. The second-order valence-corrected chi connectivity index (χ2v) is 26.4. The number of hydrogen-bond donors (Lipinski definition) is 1. The van der Waals surface area contributed by atoms with E-state index in [1.54, 1.807) is 0 Å². The Hall–Kier alpha value is -2.92. The molecular weight excluding hydrogens is 1080 g/mol. The van der Waals surface area contributed by atoms with Crippen LogP contribution in [-0.2, 0) is 19.1 Å². The minimum Gasteiger partial charge on any atom is -0.462 e. The maximum absolute atomic E-state index is 12.4. The largest absolute Gasteiger partial charge is 0.462 e. The average Bonchev–Trinajstić information content (AvgIpc) is 3.55. The van der Waals surface area contributed by atoms with E-state index in [0.717, 1.165) is 77.0 Å². The van der Waals surface area contributed by atoms with Crippen molar-refractivity contribution in [2.75, 3.05) is 13.2 Å². The number of allylic oxidation sites excluding steroid dienone is 14. The number of esters is 2. The first-order chi connectivity index (χ1) is 43.6. The second-order valence-electron chi connectivity index (χ2n) is 26.4. The molecular formula is C83H150O5. The van der Waals surface area contributed by atoms with E-state index in [4.69, 9.17) is 9.47 Å². The van der Waals surface area contributed by atoms with Crippen LogP contribution in [0.5, 0.6) is 0 Å². The zero-order valence-electron chi connectivity index (χ0n) is 59.0. The van der Waals surface area contributed by atoms with E-state index in [0.29, 0.717) is 12.8 Å². The number of rotatable bonds is 73. The van der Waals surface area contributed by atoms with E-state index < -0.39 is 6.10 Å². The molecule has 1 atom stereocenters. The third-order valence-electron chi connectivity index (χ3n) is 17.7. The fourth-order valence-corrected chi connectivity index (χ4v) is 11.9. The number of hydrogen-bond acceptors (Lipinski definition) is 5. The molecule has 0 fully saturated rings. The molecule has 88 heavy (non-hydrogen) atoms. The van der Waals surface area contributed by atoms with Crippen molar-refractivity contribution in [3.63, 3.8) is 0 Å². The van der Waals surface area contributed by atoms with Crippen molar-refractivity contribution in [1.82, 2.24) is 0 Å². The zero-order valence-corrected chi connectivity index (χ0v) is 59.0. The van der Waals surface area contributed by atoms with Gasteiger partial charge < -0.3 is 14.6 Å². The van der Waals surface area contributed by atoms with Gasteiger partial charge in [-0.25, -0.2) is 0 Å². The third kappa shape index (κ3) is 75.5. The molecule has 0 heterocycles. The highest BCUT2D eigenvalue weighted by Gasteiger charge is 2.16. The zero-order chi connectivity index (χ0) is 63.3. The minimum atomic E-state index is -0.773. The lowest BCUT2D eigenvalue weighted by molar-refractivity contribution is -0.161. The van der Waals surface area contributed by atoms with Crippen molar-refractivity contribution < 1.29 is 24.2 Å². The maximum Gasteiger partial charge on any atom is 0.306 e. The summed E-state index contributed by atoms with van der Waals surface area (Å²) < 4.78 is 10.8. The molecule has 0 saturated carbocycles. The Morgan fingerprint density at radius 1 is 0.273 bits per heavy atom. The van der Waals surface area contributed by atoms with Gasteiger partial charge in [-0.2, -0.15) is 0 Å². The van der Waals surface area contributed by atoms with Gasteiger partial charge in [-0.15, -0.1) is 0 Å². The highest BCUT2D eigenvalue weighted by molar-refractivity contribution is 5.70. The van der Waals surface area contributed by atoms with Gasteiger partial charge in [0.15, 0.2) is 6.10 Å². The van der Waals surface area contributed by atoms with Crippen molar-refractivity contribution in [3.05, 3.63) is 85.1 Å². The fraction of sp³-hybridized carbons (Fsp3) is 0.807. The molecule has 0 amide bonds. The first kappa shape index (κ1) is 85.1. The lowest BCUT2D eigenvalue weighted by Crippen LogP contribution is -2.28. The summed E-state index contributed by atoms with van der Waals surface area (Å²) in [6.45, 7) is 4.07. The van der Waals surface area contributed by atoms with Gasteiger partial charge in [0.2, 0.25) is 0 Å². The highest BCUT2D eigenvalue weighted by Crippen LogP contribution is 2.19. The van der Waals surface area contributed by atoms with Crippen LogP contribution in [-0.4, -0.2) is 36.4 Å². The summed E-state index contributed by atoms with van der Waals surface area (Å²) in [5.74, 6) is -0.567. The molecule has 0 rings (SSSR count). The number of ether oxygens (including phenoxy) is 2. The van der Waals surface area contributed by atoms with Gasteiger partial charge in [0.25, 0.3) is 0 Å². The normalized spacial score (nSPS) is 12.6. The van der Waals surface area contributed by atoms with Crippen LogP contribution in [0.4, 0.5) is 0 Å². The van der Waals surface area contributed by atoms with Gasteiger partial charge in [-0.3, -0.25) is 9.59 Å². The van der Waals surface area contributed by atoms with Gasteiger partial charge in [-0.05, 0) is 89.9 Å². The number of aliphatic hydroxyl groups is 1. The van der Waals surface area contributed by atoms with Crippen LogP contribution in [0.25, 0.3) is 0 Å². The molecule has 0 aromatic carbocycles. The molecule has 1 N–H and O–H groups in total. The number of carbonyl (C=O) groups excluding carboxylic acids is 2. The van der Waals surface area contributed by atoms with Crippen LogP contribution in [0.15, 0.2) is 85.1 Å². The van der Waals surface area contributed by atoms with Gasteiger partial charge in [0, 0.05) is 12.8 Å².